The van der Waals surface area contributed by atoms with E-state index in [2.05, 4.69) is 10.3 Å². The van der Waals surface area contributed by atoms with Crippen LogP contribution in [0.1, 0.15) is 23.8 Å². The molecule has 1 aliphatic rings. The van der Waals surface area contributed by atoms with Gasteiger partial charge in [0.1, 0.15) is 5.76 Å². The first-order valence-electron chi connectivity index (χ1n) is 5.00. The molecule has 1 aromatic rings. The number of aromatic nitrogens is 1. The monoisotopic (exact) mass is 212 g/mol. The minimum absolute atomic E-state index is 0.646. The van der Waals surface area contributed by atoms with Gasteiger partial charge in [-0.05, 0) is 26.0 Å². The number of thioether (sulfide) groups is 1. The van der Waals surface area contributed by atoms with Crippen molar-refractivity contribution in [3.8, 4) is 0 Å². The second-order valence-corrected chi connectivity index (χ2v) is 4.84. The van der Waals surface area contributed by atoms with E-state index in [9.17, 15) is 0 Å². The number of hydrogen-bond donors (Lipinski definition) is 1. The molecule has 1 aromatic heterocycles. The Labute approximate surface area is 88.7 Å². The molecule has 0 bridgehead atoms. The number of rotatable bonds is 3. The van der Waals surface area contributed by atoms with Crippen molar-refractivity contribution in [2.45, 2.75) is 32.9 Å². The first kappa shape index (κ1) is 10.1. The van der Waals surface area contributed by atoms with E-state index in [4.69, 9.17) is 4.42 Å². The Bertz CT molecular complexity index is 286. The summed E-state index contributed by atoms with van der Waals surface area (Å²) < 4.78 is 5.49. The first-order valence-corrected chi connectivity index (χ1v) is 6.15. The van der Waals surface area contributed by atoms with Crippen molar-refractivity contribution in [2.75, 3.05) is 11.5 Å². The summed E-state index contributed by atoms with van der Waals surface area (Å²) in [4.78, 5) is 4.34. The normalized spacial score (nSPS) is 21.7. The average Bonchev–Trinajstić information content (AvgIpc) is 2.74. The average molecular weight is 212 g/mol. The smallest absolute Gasteiger partial charge is 0.208 e. The summed E-state index contributed by atoms with van der Waals surface area (Å²) in [6, 6.07) is 0.646. The summed E-state index contributed by atoms with van der Waals surface area (Å²) in [6.07, 6.45) is 1.27. The van der Waals surface area contributed by atoms with Crippen molar-refractivity contribution in [1.82, 2.24) is 10.3 Å². The molecule has 0 saturated carbocycles. The van der Waals surface area contributed by atoms with Crippen LogP contribution in [0.5, 0.6) is 0 Å². The zero-order valence-corrected chi connectivity index (χ0v) is 9.49. The Morgan fingerprint density at radius 3 is 3.00 bits per heavy atom. The Morgan fingerprint density at radius 2 is 2.43 bits per heavy atom. The highest BCUT2D eigenvalue weighted by Crippen LogP contribution is 2.17. The van der Waals surface area contributed by atoms with Gasteiger partial charge in [0.2, 0.25) is 5.89 Å². The van der Waals surface area contributed by atoms with E-state index >= 15 is 0 Å². The first-order chi connectivity index (χ1) is 6.75. The molecule has 2 rings (SSSR count). The number of hydrogen-bond acceptors (Lipinski definition) is 4. The fourth-order valence-electron chi connectivity index (χ4n) is 1.54. The van der Waals surface area contributed by atoms with Crippen LogP contribution >= 0.6 is 11.8 Å². The van der Waals surface area contributed by atoms with E-state index in [0.29, 0.717) is 6.04 Å². The predicted molar refractivity (Wildman–Crippen MR) is 58.5 cm³/mol. The van der Waals surface area contributed by atoms with Crippen molar-refractivity contribution in [1.29, 1.82) is 0 Å². The lowest BCUT2D eigenvalue weighted by Gasteiger charge is -2.07. The molecule has 1 aliphatic heterocycles. The lowest BCUT2D eigenvalue weighted by atomic mass is 10.3. The van der Waals surface area contributed by atoms with Crippen LogP contribution in [0, 0.1) is 13.8 Å². The zero-order valence-electron chi connectivity index (χ0n) is 8.67. The van der Waals surface area contributed by atoms with Crippen LogP contribution in [0.2, 0.25) is 0 Å². The van der Waals surface area contributed by atoms with Crippen LogP contribution in [0.3, 0.4) is 0 Å². The Kier molecular flexibility index (Phi) is 3.13. The van der Waals surface area contributed by atoms with Gasteiger partial charge in [-0.1, -0.05) is 0 Å². The summed E-state index contributed by atoms with van der Waals surface area (Å²) in [5.74, 6) is 4.25. The van der Waals surface area contributed by atoms with Gasteiger partial charge in [-0.3, -0.25) is 0 Å². The highest BCUT2D eigenvalue weighted by molar-refractivity contribution is 7.99. The molecular formula is C10H16N2OS. The zero-order chi connectivity index (χ0) is 9.97. The maximum Gasteiger partial charge on any atom is 0.208 e. The number of oxazole rings is 1. The minimum atomic E-state index is 0.646. The maximum absolute atomic E-state index is 5.49. The summed E-state index contributed by atoms with van der Waals surface area (Å²) in [5.41, 5.74) is 1.00. The van der Waals surface area contributed by atoms with Crippen LogP contribution in [-0.4, -0.2) is 22.5 Å². The van der Waals surface area contributed by atoms with Gasteiger partial charge in [-0.15, -0.1) is 0 Å². The van der Waals surface area contributed by atoms with E-state index in [1.807, 2.05) is 25.6 Å². The van der Waals surface area contributed by atoms with Crippen molar-refractivity contribution >= 4 is 11.8 Å². The summed E-state index contributed by atoms with van der Waals surface area (Å²) in [7, 11) is 0. The molecule has 14 heavy (non-hydrogen) atoms. The predicted octanol–water partition coefficient (Wildman–Crippen LogP) is 1.89. The van der Waals surface area contributed by atoms with Crippen LogP contribution in [0.4, 0.5) is 0 Å². The van der Waals surface area contributed by atoms with Crippen LogP contribution < -0.4 is 5.32 Å². The molecule has 1 saturated heterocycles. The van der Waals surface area contributed by atoms with Crippen molar-refractivity contribution in [3.05, 3.63) is 17.3 Å². The van der Waals surface area contributed by atoms with Gasteiger partial charge >= 0.3 is 0 Å². The quantitative estimate of drug-likeness (QED) is 0.830. The molecule has 0 aliphatic carbocycles. The molecule has 1 fully saturated rings. The summed E-state index contributed by atoms with van der Waals surface area (Å²) in [6.45, 7) is 4.70. The third-order valence-electron chi connectivity index (χ3n) is 2.54. The maximum atomic E-state index is 5.49. The van der Waals surface area contributed by atoms with Crippen LogP contribution in [0.15, 0.2) is 4.42 Å². The largest absolute Gasteiger partial charge is 0.444 e. The fourth-order valence-corrected chi connectivity index (χ4v) is 2.73. The molecule has 2 heterocycles. The molecule has 1 unspecified atom stereocenters. The van der Waals surface area contributed by atoms with Crippen molar-refractivity contribution < 1.29 is 4.42 Å². The highest BCUT2D eigenvalue weighted by atomic mass is 32.2. The molecule has 1 atom stereocenters. The van der Waals surface area contributed by atoms with E-state index in [1.54, 1.807) is 0 Å². The Balaban J connectivity index is 1.85. The SMILES string of the molecule is Cc1nc(CNC2CCSC2)oc1C. The second-order valence-electron chi connectivity index (χ2n) is 3.69. The molecule has 0 radical (unpaired) electrons. The fraction of sp³-hybridized carbons (Fsp3) is 0.700. The van der Waals surface area contributed by atoms with Crippen molar-refractivity contribution in [3.63, 3.8) is 0 Å². The highest BCUT2D eigenvalue weighted by Gasteiger charge is 2.15. The van der Waals surface area contributed by atoms with Gasteiger partial charge in [0.05, 0.1) is 12.2 Å². The minimum Gasteiger partial charge on any atom is -0.444 e. The van der Waals surface area contributed by atoms with Crippen LogP contribution in [-0.2, 0) is 6.54 Å². The van der Waals surface area contributed by atoms with Crippen molar-refractivity contribution in [2.24, 2.45) is 0 Å². The number of nitrogens with one attached hydrogen (secondary N) is 1. The number of nitrogens with zero attached hydrogens (tertiary/aromatic N) is 1. The Morgan fingerprint density at radius 1 is 1.57 bits per heavy atom. The third kappa shape index (κ3) is 2.30. The number of aryl methyl sites for hydroxylation is 2. The lowest BCUT2D eigenvalue weighted by Crippen LogP contribution is -2.28. The molecule has 0 spiro atoms. The van der Waals surface area contributed by atoms with E-state index < -0.39 is 0 Å². The molecule has 4 heteroatoms. The lowest BCUT2D eigenvalue weighted by molar-refractivity contribution is 0.430. The third-order valence-corrected chi connectivity index (χ3v) is 3.71. The topological polar surface area (TPSA) is 38.1 Å². The summed E-state index contributed by atoms with van der Waals surface area (Å²) >= 11 is 2.01. The van der Waals surface area contributed by atoms with E-state index in [0.717, 1.165) is 23.9 Å². The van der Waals surface area contributed by atoms with E-state index in [1.165, 1.54) is 17.9 Å². The van der Waals surface area contributed by atoms with E-state index in [-0.39, 0.29) is 0 Å². The molecule has 78 valence electrons. The van der Waals surface area contributed by atoms with Gasteiger partial charge in [0.15, 0.2) is 0 Å². The Hall–Kier alpha value is -0.480. The molecule has 3 nitrogen and oxygen atoms in total. The second kappa shape index (κ2) is 4.36. The molecule has 0 aromatic carbocycles. The standard InChI is InChI=1S/C10H16N2OS/c1-7-8(2)13-10(12-7)5-11-9-3-4-14-6-9/h9,11H,3-6H2,1-2H3. The van der Waals surface area contributed by atoms with Gasteiger partial charge in [0.25, 0.3) is 0 Å². The van der Waals surface area contributed by atoms with Gasteiger partial charge in [0, 0.05) is 11.8 Å². The molecule has 0 amide bonds. The molecule has 1 N–H and O–H groups in total. The summed E-state index contributed by atoms with van der Waals surface area (Å²) in [5, 5.41) is 3.46. The van der Waals surface area contributed by atoms with Gasteiger partial charge in [-0.2, -0.15) is 11.8 Å². The van der Waals surface area contributed by atoms with Gasteiger partial charge < -0.3 is 9.73 Å². The van der Waals surface area contributed by atoms with Gasteiger partial charge in [-0.25, -0.2) is 4.98 Å². The molecular weight excluding hydrogens is 196 g/mol. The van der Waals surface area contributed by atoms with Crippen LogP contribution in [0.25, 0.3) is 0 Å².